The van der Waals surface area contributed by atoms with E-state index in [1.165, 1.54) is 70.6 Å². The topological polar surface area (TPSA) is 34.9 Å². The first-order valence-electron chi connectivity index (χ1n) is 9.29. The summed E-state index contributed by atoms with van der Waals surface area (Å²) in [4.78, 5) is 16.0. The number of aryl methyl sites for hydroxylation is 1. The molecule has 1 aromatic rings. The maximum absolute atomic E-state index is 11.9. The van der Waals surface area contributed by atoms with Crippen LogP contribution in [0.3, 0.4) is 0 Å². The third kappa shape index (κ3) is 8.35. The molecule has 0 aromatic carbocycles. The van der Waals surface area contributed by atoms with Crippen LogP contribution in [0.1, 0.15) is 101 Å². The Bertz CT molecular complexity index is 398. The Balaban J connectivity index is 1.86. The number of carbonyl (C=O) groups excluding carboxylic acids is 1. The summed E-state index contributed by atoms with van der Waals surface area (Å²) in [6.45, 7) is 4.14. The summed E-state index contributed by atoms with van der Waals surface area (Å²) < 4.78 is 1.67. The molecule has 0 unspecified atom stereocenters. The second-order valence-corrected chi connectivity index (χ2v) is 6.38. The van der Waals surface area contributed by atoms with Crippen molar-refractivity contribution < 1.29 is 4.79 Å². The van der Waals surface area contributed by atoms with Crippen LogP contribution in [-0.2, 0) is 0 Å². The molecule has 1 rings (SSSR count). The molecule has 0 bridgehead atoms. The highest BCUT2D eigenvalue weighted by Crippen LogP contribution is 2.12. The fourth-order valence-electron chi connectivity index (χ4n) is 2.88. The minimum absolute atomic E-state index is 0.182. The largest absolute Gasteiger partial charge is 0.274 e. The zero-order valence-corrected chi connectivity index (χ0v) is 14.6. The number of unbranched alkanes of at least 4 members (excludes halogenated alkanes) is 11. The van der Waals surface area contributed by atoms with E-state index in [-0.39, 0.29) is 5.91 Å². The van der Waals surface area contributed by atoms with E-state index in [1.807, 2.05) is 6.92 Å². The van der Waals surface area contributed by atoms with Crippen LogP contribution in [0.25, 0.3) is 0 Å². The van der Waals surface area contributed by atoms with Gasteiger partial charge in [0.2, 0.25) is 5.91 Å². The van der Waals surface area contributed by atoms with Gasteiger partial charge in [-0.25, -0.2) is 4.98 Å². The maximum Gasteiger partial charge on any atom is 0.232 e. The molecule has 0 aliphatic carbocycles. The normalized spacial score (nSPS) is 11.0. The lowest BCUT2D eigenvalue weighted by Gasteiger charge is -2.04. The van der Waals surface area contributed by atoms with E-state index in [9.17, 15) is 4.79 Å². The van der Waals surface area contributed by atoms with Gasteiger partial charge >= 0.3 is 0 Å². The molecule has 1 heterocycles. The minimum Gasteiger partial charge on any atom is -0.274 e. The molecular formula is C19H34N2O. The van der Waals surface area contributed by atoms with Crippen molar-refractivity contribution in [3.63, 3.8) is 0 Å². The second-order valence-electron chi connectivity index (χ2n) is 6.38. The number of hydrogen-bond donors (Lipinski definition) is 0. The van der Waals surface area contributed by atoms with E-state index in [0.29, 0.717) is 6.42 Å². The molecule has 0 saturated carbocycles. The highest BCUT2D eigenvalue weighted by atomic mass is 16.2. The van der Waals surface area contributed by atoms with Crippen LogP contribution in [0, 0.1) is 6.92 Å². The number of imidazole rings is 1. The van der Waals surface area contributed by atoms with E-state index < -0.39 is 0 Å². The Hall–Kier alpha value is -1.12. The van der Waals surface area contributed by atoms with Crippen LogP contribution >= 0.6 is 0 Å². The minimum atomic E-state index is 0.182. The average Bonchev–Trinajstić information content (AvgIpc) is 2.94. The van der Waals surface area contributed by atoms with Gasteiger partial charge in [0.05, 0.1) is 0 Å². The van der Waals surface area contributed by atoms with Crippen molar-refractivity contribution >= 4 is 5.91 Å². The first-order chi connectivity index (χ1) is 10.8. The van der Waals surface area contributed by atoms with Crippen molar-refractivity contribution in [3.8, 4) is 0 Å². The van der Waals surface area contributed by atoms with Crippen LogP contribution in [0.4, 0.5) is 0 Å². The molecular weight excluding hydrogens is 272 g/mol. The van der Waals surface area contributed by atoms with Crippen molar-refractivity contribution in [2.24, 2.45) is 0 Å². The Morgan fingerprint density at radius 2 is 1.41 bits per heavy atom. The number of rotatable bonds is 13. The molecule has 0 aliphatic heterocycles. The van der Waals surface area contributed by atoms with Gasteiger partial charge in [-0.2, -0.15) is 0 Å². The van der Waals surface area contributed by atoms with Crippen molar-refractivity contribution in [3.05, 3.63) is 18.2 Å². The molecule has 0 amide bonds. The Kier molecular flexibility index (Phi) is 10.7. The molecule has 126 valence electrons. The lowest BCUT2D eigenvalue weighted by molar-refractivity contribution is 0.0896. The van der Waals surface area contributed by atoms with Gasteiger partial charge in [-0.15, -0.1) is 0 Å². The van der Waals surface area contributed by atoms with Crippen LogP contribution < -0.4 is 0 Å². The smallest absolute Gasteiger partial charge is 0.232 e. The first-order valence-corrected chi connectivity index (χ1v) is 9.29. The maximum atomic E-state index is 11.9. The van der Waals surface area contributed by atoms with Gasteiger partial charge in [0.15, 0.2) is 0 Å². The van der Waals surface area contributed by atoms with E-state index in [0.717, 1.165) is 12.2 Å². The lowest BCUT2D eigenvalue weighted by Crippen LogP contribution is -2.10. The summed E-state index contributed by atoms with van der Waals surface area (Å²) in [5.74, 6) is 0.978. The van der Waals surface area contributed by atoms with Gasteiger partial charge in [0.1, 0.15) is 5.82 Å². The highest BCUT2D eigenvalue weighted by Gasteiger charge is 2.06. The Labute approximate surface area is 136 Å². The average molecular weight is 306 g/mol. The summed E-state index contributed by atoms with van der Waals surface area (Å²) >= 11 is 0. The van der Waals surface area contributed by atoms with Crippen molar-refractivity contribution in [2.45, 2.75) is 97.3 Å². The number of nitrogens with zero attached hydrogens (tertiary/aromatic N) is 2. The predicted molar refractivity (Wildman–Crippen MR) is 93.3 cm³/mol. The second kappa shape index (κ2) is 12.4. The Morgan fingerprint density at radius 3 is 1.86 bits per heavy atom. The molecule has 0 aliphatic rings. The molecule has 1 aromatic heterocycles. The van der Waals surface area contributed by atoms with Gasteiger partial charge in [-0.3, -0.25) is 9.36 Å². The SMILES string of the molecule is CCCCCCCCCCCCCCC(=O)n1ccnc1C. The number of hydrogen-bond acceptors (Lipinski definition) is 2. The summed E-state index contributed by atoms with van der Waals surface area (Å²) in [6, 6.07) is 0. The molecule has 0 spiro atoms. The van der Waals surface area contributed by atoms with Crippen molar-refractivity contribution in [2.75, 3.05) is 0 Å². The van der Waals surface area contributed by atoms with E-state index in [2.05, 4.69) is 11.9 Å². The monoisotopic (exact) mass is 306 g/mol. The predicted octanol–water partition coefficient (Wildman–Crippen LogP) is 5.92. The molecule has 3 heteroatoms. The highest BCUT2D eigenvalue weighted by molar-refractivity contribution is 5.79. The summed E-state index contributed by atoms with van der Waals surface area (Å²) in [6.07, 6.45) is 20.0. The molecule has 0 radical (unpaired) electrons. The zero-order chi connectivity index (χ0) is 16.0. The number of carbonyl (C=O) groups is 1. The van der Waals surface area contributed by atoms with E-state index in [4.69, 9.17) is 0 Å². The van der Waals surface area contributed by atoms with Crippen molar-refractivity contribution in [1.29, 1.82) is 0 Å². The van der Waals surface area contributed by atoms with Crippen LogP contribution in [0.2, 0.25) is 0 Å². The van der Waals surface area contributed by atoms with E-state index in [1.54, 1.807) is 17.0 Å². The molecule has 0 saturated heterocycles. The quantitative estimate of drug-likeness (QED) is 0.424. The third-order valence-electron chi connectivity index (χ3n) is 4.34. The first kappa shape index (κ1) is 18.9. The number of aromatic nitrogens is 2. The summed E-state index contributed by atoms with van der Waals surface area (Å²) in [5.41, 5.74) is 0. The molecule has 0 fully saturated rings. The zero-order valence-electron chi connectivity index (χ0n) is 14.6. The lowest BCUT2D eigenvalue weighted by atomic mass is 10.0. The molecule has 22 heavy (non-hydrogen) atoms. The van der Waals surface area contributed by atoms with E-state index >= 15 is 0 Å². The van der Waals surface area contributed by atoms with Crippen LogP contribution in [-0.4, -0.2) is 15.5 Å². The van der Waals surface area contributed by atoms with Gasteiger partial charge in [0, 0.05) is 18.8 Å². The molecule has 3 nitrogen and oxygen atoms in total. The fraction of sp³-hybridized carbons (Fsp3) is 0.789. The summed E-state index contributed by atoms with van der Waals surface area (Å²) in [5, 5.41) is 0. The van der Waals surface area contributed by atoms with Gasteiger partial charge in [0.25, 0.3) is 0 Å². The standard InChI is InChI=1S/C19H34N2O/c1-3-4-5-6-7-8-9-10-11-12-13-14-15-19(22)21-17-16-20-18(21)2/h16-17H,3-15H2,1-2H3. The van der Waals surface area contributed by atoms with Crippen LogP contribution in [0.5, 0.6) is 0 Å². The van der Waals surface area contributed by atoms with Crippen molar-refractivity contribution in [1.82, 2.24) is 9.55 Å². The molecule has 0 atom stereocenters. The van der Waals surface area contributed by atoms with Crippen LogP contribution in [0.15, 0.2) is 12.4 Å². The van der Waals surface area contributed by atoms with Gasteiger partial charge in [-0.05, 0) is 13.3 Å². The third-order valence-corrected chi connectivity index (χ3v) is 4.34. The fourth-order valence-corrected chi connectivity index (χ4v) is 2.88. The molecule has 0 N–H and O–H groups in total. The van der Waals surface area contributed by atoms with Gasteiger partial charge in [-0.1, -0.05) is 77.6 Å². The van der Waals surface area contributed by atoms with Gasteiger partial charge < -0.3 is 0 Å². The Morgan fingerprint density at radius 1 is 0.909 bits per heavy atom. The summed E-state index contributed by atoms with van der Waals surface area (Å²) in [7, 11) is 0.